The third-order valence-electron chi connectivity index (χ3n) is 1.48. The summed E-state index contributed by atoms with van der Waals surface area (Å²) in [5.74, 6) is 0. The van der Waals surface area contributed by atoms with Crippen molar-refractivity contribution in [2.24, 2.45) is 0 Å². The van der Waals surface area contributed by atoms with Crippen LogP contribution < -0.4 is 5.46 Å². The SMILES string of the molecule is Cc1cc(Cl)c(B(O)O)c(Br)c1. The summed E-state index contributed by atoms with van der Waals surface area (Å²) in [4.78, 5) is 0. The van der Waals surface area contributed by atoms with Crippen molar-refractivity contribution in [2.75, 3.05) is 0 Å². The van der Waals surface area contributed by atoms with Gasteiger partial charge in [-0.3, -0.25) is 0 Å². The molecule has 0 bridgehead atoms. The minimum Gasteiger partial charge on any atom is -0.423 e. The largest absolute Gasteiger partial charge is 0.491 e. The molecule has 0 aliphatic carbocycles. The van der Waals surface area contributed by atoms with Gasteiger partial charge in [-0.15, -0.1) is 0 Å². The molecule has 5 heteroatoms. The second-order valence-electron chi connectivity index (χ2n) is 2.52. The first-order valence-corrected chi connectivity index (χ1v) is 4.51. The van der Waals surface area contributed by atoms with E-state index in [1.165, 1.54) is 0 Å². The van der Waals surface area contributed by atoms with Crippen LogP contribution in [0.25, 0.3) is 0 Å². The molecule has 12 heavy (non-hydrogen) atoms. The normalized spacial score (nSPS) is 10.1. The lowest BCUT2D eigenvalue weighted by Gasteiger charge is -2.06. The highest BCUT2D eigenvalue weighted by atomic mass is 79.9. The molecule has 0 aliphatic heterocycles. The van der Waals surface area contributed by atoms with Crippen LogP contribution in [0.15, 0.2) is 16.6 Å². The summed E-state index contributed by atoms with van der Waals surface area (Å²) < 4.78 is 0.613. The Morgan fingerprint density at radius 1 is 1.42 bits per heavy atom. The first kappa shape index (κ1) is 10.1. The number of halogens is 2. The molecule has 0 atom stereocenters. The molecule has 1 aromatic carbocycles. The summed E-state index contributed by atoms with van der Waals surface area (Å²) in [6, 6.07) is 3.46. The van der Waals surface area contributed by atoms with E-state index in [0.717, 1.165) is 5.56 Å². The van der Waals surface area contributed by atoms with Crippen molar-refractivity contribution in [3.05, 3.63) is 27.2 Å². The van der Waals surface area contributed by atoms with Crippen LogP contribution in [0.5, 0.6) is 0 Å². The van der Waals surface area contributed by atoms with Gasteiger partial charge in [-0.25, -0.2) is 0 Å². The van der Waals surface area contributed by atoms with Crippen LogP contribution in [-0.4, -0.2) is 17.2 Å². The van der Waals surface area contributed by atoms with Gasteiger partial charge in [0.05, 0.1) is 0 Å². The second kappa shape index (κ2) is 3.79. The molecule has 0 unspecified atom stereocenters. The van der Waals surface area contributed by atoms with Crippen molar-refractivity contribution in [1.29, 1.82) is 0 Å². The molecule has 0 saturated heterocycles. The van der Waals surface area contributed by atoms with Gasteiger partial charge < -0.3 is 10.0 Å². The molecule has 0 aromatic heterocycles. The molecule has 0 fully saturated rings. The lowest BCUT2D eigenvalue weighted by atomic mass is 9.80. The van der Waals surface area contributed by atoms with Crippen LogP contribution in [-0.2, 0) is 0 Å². The number of benzene rings is 1. The van der Waals surface area contributed by atoms with Crippen LogP contribution in [0.1, 0.15) is 5.56 Å². The van der Waals surface area contributed by atoms with Crippen molar-refractivity contribution in [1.82, 2.24) is 0 Å². The predicted octanol–water partition coefficient (Wildman–Crippen LogP) is 1.09. The fourth-order valence-electron chi connectivity index (χ4n) is 0.958. The molecule has 2 nitrogen and oxygen atoms in total. The van der Waals surface area contributed by atoms with E-state index in [1.54, 1.807) is 12.1 Å². The Morgan fingerprint density at radius 2 is 2.00 bits per heavy atom. The highest BCUT2D eigenvalue weighted by Crippen LogP contribution is 2.17. The molecular weight excluding hydrogens is 242 g/mol. The average Bonchev–Trinajstić information content (AvgIpc) is 1.82. The van der Waals surface area contributed by atoms with Crippen LogP contribution in [0, 0.1) is 6.92 Å². The maximum Gasteiger partial charge on any atom is 0.491 e. The van der Waals surface area contributed by atoms with E-state index in [4.69, 9.17) is 21.6 Å². The van der Waals surface area contributed by atoms with Gasteiger partial charge in [-0.05, 0) is 24.6 Å². The standard InChI is InChI=1S/C7H7BBrClO2/c1-4-2-5(9)7(8(11)12)6(10)3-4/h2-3,11-12H,1H3. The third-order valence-corrected chi connectivity index (χ3v) is 2.45. The van der Waals surface area contributed by atoms with E-state index in [9.17, 15) is 0 Å². The summed E-state index contributed by atoms with van der Waals surface area (Å²) in [7, 11) is -1.53. The Hall–Kier alpha value is -0.0251. The summed E-state index contributed by atoms with van der Waals surface area (Å²) in [5.41, 5.74) is 1.28. The van der Waals surface area contributed by atoms with Gasteiger partial charge in [-0.1, -0.05) is 27.5 Å². The fraction of sp³-hybridized carbons (Fsp3) is 0.143. The van der Waals surface area contributed by atoms with Gasteiger partial charge in [0.1, 0.15) is 0 Å². The van der Waals surface area contributed by atoms with E-state index < -0.39 is 7.12 Å². The zero-order valence-corrected chi connectivity index (χ0v) is 8.72. The molecule has 0 amide bonds. The highest BCUT2D eigenvalue weighted by Gasteiger charge is 2.18. The Morgan fingerprint density at radius 3 is 2.42 bits per heavy atom. The number of hydrogen-bond acceptors (Lipinski definition) is 2. The Kier molecular flexibility index (Phi) is 3.18. The van der Waals surface area contributed by atoms with Crippen molar-refractivity contribution in [2.45, 2.75) is 6.92 Å². The summed E-state index contributed by atoms with van der Waals surface area (Å²) in [6.45, 7) is 1.88. The third kappa shape index (κ3) is 2.01. The molecule has 0 heterocycles. The van der Waals surface area contributed by atoms with Crippen LogP contribution in [0.2, 0.25) is 5.02 Å². The van der Waals surface area contributed by atoms with Gasteiger partial charge in [0, 0.05) is 15.0 Å². The highest BCUT2D eigenvalue weighted by molar-refractivity contribution is 9.10. The molecule has 1 aromatic rings. The molecule has 1 rings (SSSR count). The van der Waals surface area contributed by atoms with Gasteiger partial charge >= 0.3 is 7.12 Å². The van der Waals surface area contributed by atoms with Crippen molar-refractivity contribution < 1.29 is 10.0 Å². The van der Waals surface area contributed by atoms with Gasteiger partial charge in [0.2, 0.25) is 0 Å². The van der Waals surface area contributed by atoms with E-state index in [1.807, 2.05) is 6.92 Å². The number of rotatable bonds is 1. The van der Waals surface area contributed by atoms with E-state index in [0.29, 0.717) is 15.0 Å². The monoisotopic (exact) mass is 248 g/mol. The molecule has 0 aliphatic rings. The summed E-state index contributed by atoms with van der Waals surface area (Å²) in [6.07, 6.45) is 0. The van der Waals surface area contributed by atoms with Crippen molar-refractivity contribution >= 4 is 40.1 Å². The van der Waals surface area contributed by atoms with E-state index in [2.05, 4.69) is 15.9 Å². The van der Waals surface area contributed by atoms with Gasteiger partial charge in [-0.2, -0.15) is 0 Å². The zero-order valence-electron chi connectivity index (χ0n) is 6.38. The molecule has 0 saturated carbocycles. The fourth-order valence-corrected chi connectivity index (χ4v) is 2.22. The molecule has 2 N–H and O–H groups in total. The molecule has 0 spiro atoms. The lowest BCUT2D eigenvalue weighted by Crippen LogP contribution is -2.32. The summed E-state index contributed by atoms with van der Waals surface area (Å²) in [5, 5.41) is 18.2. The average molecular weight is 249 g/mol. The lowest BCUT2D eigenvalue weighted by molar-refractivity contribution is 0.425. The summed E-state index contributed by atoms with van der Waals surface area (Å²) >= 11 is 8.97. The van der Waals surface area contributed by atoms with Crippen LogP contribution in [0.3, 0.4) is 0 Å². The van der Waals surface area contributed by atoms with Crippen LogP contribution >= 0.6 is 27.5 Å². The van der Waals surface area contributed by atoms with E-state index >= 15 is 0 Å². The topological polar surface area (TPSA) is 40.5 Å². The van der Waals surface area contributed by atoms with Crippen LogP contribution in [0.4, 0.5) is 0 Å². The first-order chi connectivity index (χ1) is 5.52. The first-order valence-electron chi connectivity index (χ1n) is 3.34. The minimum absolute atomic E-state index is 0.308. The molecule has 64 valence electrons. The maximum atomic E-state index is 8.92. The van der Waals surface area contributed by atoms with Crippen molar-refractivity contribution in [3.63, 3.8) is 0 Å². The molecular formula is C7H7BBrClO2. The second-order valence-corrected chi connectivity index (χ2v) is 3.78. The maximum absolute atomic E-state index is 8.92. The smallest absolute Gasteiger partial charge is 0.423 e. The van der Waals surface area contributed by atoms with Gasteiger partial charge in [0.15, 0.2) is 0 Å². The minimum atomic E-state index is -1.53. The zero-order chi connectivity index (χ0) is 9.30. The number of hydrogen-bond donors (Lipinski definition) is 2. The van der Waals surface area contributed by atoms with Crippen molar-refractivity contribution in [3.8, 4) is 0 Å². The van der Waals surface area contributed by atoms with Gasteiger partial charge in [0.25, 0.3) is 0 Å². The molecule has 0 radical (unpaired) electrons. The van der Waals surface area contributed by atoms with E-state index in [-0.39, 0.29) is 0 Å². The predicted molar refractivity (Wildman–Crippen MR) is 53.7 cm³/mol. The quantitative estimate of drug-likeness (QED) is 0.731. The Labute approximate surface area is 84.4 Å². The Bertz CT molecular complexity index is 280. The Balaban J connectivity index is 3.28. The number of aryl methyl sites for hydroxylation is 1.